The van der Waals surface area contributed by atoms with E-state index in [1.54, 1.807) is 0 Å². The van der Waals surface area contributed by atoms with E-state index in [1.165, 1.54) is 25.8 Å². The van der Waals surface area contributed by atoms with Crippen LogP contribution in [0.3, 0.4) is 0 Å². The molecule has 0 aromatic carbocycles. The van der Waals surface area contributed by atoms with Crippen molar-refractivity contribution in [2.24, 2.45) is 0 Å². The fourth-order valence-electron chi connectivity index (χ4n) is 0.677. The lowest BCUT2D eigenvalue weighted by molar-refractivity contribution is 0.633. The maximum Gasteiger partial charge on any atom is -0.00490 e. The van der Waals surface area contributed by atoms with E-state index in [0.717, 1.165) is 6.54 Å². The van der Waals surface area contributed by atoms with Crippen molar-refractivity contribution in [3.05, 3.63) is 0 Å². The van der Waals surface area contributed by atoms with Gasteiger partial charge in [0.25, 0.3) is 0 Å². The van der Waals surface area contributed by atoms with Crippen LogP contribution in [0.2, 0.25) is 0 Å². The Morgan fingerprint density at radius 2 is 1.33 bits per heavy atom. The summed E-state index contributed by atoms with van der Waals surface area (Å²) in [5, 5.41) is 3.28. The Hall–Kier alpha value is -0.0400. The zero-order valence-electron chi connectivity index (χ0n) is 10.0. The molecule has 0 radical (unpaired) electrons. The summed E-state index contributed by atoms with van der Waals surface area (Å²) < 4.78 is 0. The Labute approximate surface area is 80.0 Å². The lowest BCUT2D eigenvalue weighted by atomic mass is 10.2. The van der Waals surface area contributed by atoms with Gasteiger partial charge in [-0.25, -0.2) is 0 Å². The molecule has 0 aliphatic carbocycles. The van der Waals surface area contributed by atoms with Gasteiger partial charge in [0.2, 0.25) is 0 Å². The summed E-state index contributed by atoms with van der Waals surface area (Å²) in [7, 11) is 0. The smallest absolute Gasteiger partial charge is 0.00490 e. The first-order valence-corrected chi connectivity index (χ1v) is 5.62. The number of hydrogen-bond donors (Lipinski definition) is 1. The summed E-state index contributed by atoms with van der Waals surface area (Å²) >= 11 is 0. The zero-order valence-corrected chi connectivity index (χ0v) is 10.0. The molecule has 0 spiro atoms. The van der Waals surface area contributed by atoms with Crippen LogP contribution in [0.25, 0.3) is 0 Å². The van der Waals surface area contributed by atoms with Crippen LogP contribution in [0, 0.1) is 0 Å². The molecule has 0 rings (SSSR count). The molecule has 0 aliphatic heterocycles. The first-order valence-electron chi connectivity index (χ1n) is 5.62. The number of rotatable bonds is 5. The highest BCUT2D eigenvalue weighted by Gasteiger charge is 1.81. The monoisotopic (exact) mass is 175 g/mol. The molecule has 12 heavy (non-hydrogen) atoms. The van der Waals surface area contributed by atoms with Crippen LogP contribution in [-0.2, 0) is 0 Å². The summed E-state index contributed by atoms with van der Waals surface area (Å²) in [6.07, 6.45) is 4.03. The van der Waals surface area contributed by atoms with Gasteiger partial charge in [0.1, 0.15) is 0 Å². The Morgan fingerprint density at radius 1 is 0.833 bits per heavy atom. The van der Waals surface area contributed by atoms with Crippen LogP contribution >= 0.6 is 0 Å². The van der Waals surface area contributed by atoms with Gasteiger partial charge in [-0.05, 0) is 19.5 Å². The summed E-state index contributed by atoms with van der Waals surface area (Å²) in [5.74, 6) is 0. The maximum absolute atomic E-state index is 3.28. The standard InChI is InChI=1S/C7H17N.2C2H6/c1-3-5-6-7-8-4-2;2*1-2/h8H,3-7H2,1-2H3;2*1-2H3. The van der Waals surface area contributed by atoms with Crippen molar-refractivity contribution in [2.75, 3.05) is 13.1 Å². The summed E-state index contributed by atoms with van der Waals surface area (Å²) in [6, 6.07) is 0. The quantitative estimate of drug-likeness (QED) is 0.626. The van der Waals surface area contributed by atoms with Gasteiger partial charge in [-0.15, -0.1) is 0 Å². The van der Waals surface area contributed by atoms with Gasteiger partial charge in [0, 0.05) is 0 Å². The molecule has 0 fully saturated rings. The minimum atomic E-state index is 1.11. The second kappa shape index (κ2) is 30.6. The van der Waals surface area contributed by atoms with Crippen molar-refractivity contribution < 1.29 is 0 Å². The Balaban J connectivity index is -0.000000175. The highest BCUT2D eigenvalue weighted by atomic mass is 14.8. The molecule has 0 saturated carbocycles. The van der Waals surface area contributed by atoms with Crippen molar-refractivity contribution in [1.82, 2.24) is 5.32 Å². The Bertz CT molecular complexity index is 30.0. The molecule has 0 unspecified atom stereocenters. The van der Waals surface area contributed by atoms with Gasteiger partial charge in [-0.2, -0.15) is 0 Å². The van der Waals surface area contributed by atoms with Crippen LogP contribution < -0.4 is 5.32 Å². The van der Waals surface area contributed by atoms with Crippen LogP contribution in [0.4, 0.5) is 0 Å². The van der Waals surface area contributed by atoms with Crippen LogP contribution in [-0.4, -0.2) is 13.1 Å². The third kappa shape index (κ3) is 32.5. The average Bonchev–Trinajstić information content (AvgIpc) is 2.19. The molecule has 0 saturated heterocycles. The number of hydrogen-bond acceptors (Lipinski definition) is 1. The predicted octanol–water partition coefficient (Wildman–Crippen LogP) is 3.84. The van der Waals surface area contributed by atoms with Gasteiger partial charge in [-0.3, -0.25) is 0 Å². The molecule has 1 N–H and O–H groups in total. The Kier molecular flexibility index (Phi) is 45.6. The van der Waals surface area contributed by atoms with Crippen LogP contribution in [0.5, 0.6) is 0 Å². The molecule has 0 heterocycles. The normalized spacial score (nSPS) is 7.50. The molecule has 0 aromatic rings. The average molecular weight is 175 g/mol. The van der Waals surface area contributed by atoms with Crippen molar-refractivity contribution in [1.29, 1.82) is 0 Å². The molecule has 1 heteroatoms. The highest BCUT2D eigenvalue weighted by Crippen LogP contribution is 1.89. The second-order valence-corrected chi connectivity index (χ2v) is 2.06. The van der Waals surface area contributed by atoms with Crippen LogP contribution in [0.15, 0.2) is 0 Å². The van der Waals surface area contributed by atoms with E-state index in [0.29, 0.717) is 0 Å². The fourth-order valence-corrected chi connectivity index (χ4v) is 0.677. The molecule has 78 valence electrons. The van der Waals surface area contributed by atoms with E-state index in [9.17, 15) is 0 Å². The van der Waals surface area contributed by atoms with Gasteiger partial charge >= 0.3 is 0 Å². The first-order chi connectivity index (χ1) is 5.91. The summed E-state index contributed by atoms with van der Waals surface area (Å²) in [6.45, 7) is 14.7. The van der Waals surface area contributed by atoms with E-state index in [-0.39, 0.29) is 0 Å². The van der Waals surface area contributed by atoms with Gasteiger partial charge in [-0.1, -0.05) is 54.4 Å². The zero-order chi connectivity index (χ0) is 10.2. The third-order valence-corrected chi connectivity index (χ3v) is 1.21. The largest absolute Gasteiger partial charge is 0.317 e. The van der Waals surface area contributed by atoms with E-state index >= 15 is 0 Å². The molecular weight excluding hydrogens is 146 g/mol. The minimum Gasteiger partial charge on any atom is -0.317 e. The van der Waals surface area contributed by atoms with Crippen molar-refractivity contribution >= 4 is 0 Å². The van der Waals surface area contributed by atoms with Crippen LogP contribution in [0.1, 0.15) is 60.8 Å². The molecule has 1 nitrogen and oxygen atoms in total. The molecule has 0 aliphatic rings. The molecule has 0 atom stereocenters. The topological polar surface area (TPSA) is 12.0 Å². The first kappa shape index (κ1) is 17.9. The minimum absolute atomic E-state index is 1.11. The highest BCUT2D eigenvalue weighted by molar-refractivity contribution is 4.42. The lowest BCUT2D eigenvalue weighted by Crippen LogP contribution is -2.13. The maximum atomic E-state index is 3.28. The van der Waals surface area contributed by atoms with Gasteiger partial charge < -0.3 is 5.32 Å². The van der Waals surface area contributed by atoms with Gasteiger partial charge in [0.15, 0.2) is 0 Å². The van der Waals surface area contributed by atoms with E-state index in [2.05, 4.69) is 19.2 Å². The van der Waals surface area contributed by atoms with E-state index < -0.39 is 0 Å². The summed E-state index contributed by atoms with van der Waals surface area (Å²) in [4.78, 5) is 0. The SMILES string of the molecule is CC.CC.CCCCCNCC. The van der Waals surface area contributed by atoms with Crippen molar-refractivity contribution in [3.8, 4) is 0 Å². The molecule has 0 bridgehead atoms. The Morgan fingerprint density at radius 3 is 1.67 bits per heavy atom. The number of nitrogens with one attached hydrogen (secondary N) is 1. The van der Waals surface area contributed by atoms with E-state index in [1.807, 2.05) is 27.7 Å². The predicted molar refractivity (Wildman–Crippen MR) is 60.8 cm³/mol. The molecule has 0 amide bonds. The third-order valence-electron chi connectivity index (χ3n) is 1.21. The van der Waals surface area contributed by atoms with Crippen molar-refractivity contribution in [3.63, 3.8) is 0 Å². The number of unbranched alkanes of at least 4 members (excludes halogenated alkanes) is 2. The second-order valence-electron chi connectivity index (χ2n) is 2.06. The summed E-state index contributed by atoms with van der Waals surface area (Å²) in [5.41, 5.74) is 0. The van der Waals surface area contributed by atoms with Gasteiger partial charge in [0.05, 0.1) is 0 Å². The molecule has 0 aromatic heterocycles. The lowest BCUT2D eigenvalue weighted by Gasteiger charge is -1.97. The van der Waals surface area contributed by atoms with E-state index in [4.69, 9.17) is 0 Å². The van der Waals surface area contributed by atoms with Crippen molar-refractivity contribution in [2.45, 2.75) is 60.8 Å². The fraction of sp³-hybridized carbons (Fsp3) is 1.00. The molecular formula is C11H29N.